The van der Waals surface area contributed by atoms with E-state index in [0.717, 1.165) is 11.1 Å². The molecular formula is C19H20O3. The number of hydrogen-bond acceptors (Lipinski definition) is 3. The zero-order valence-electron chi connectivity index (χ0n) is 13.1. The van der Waals surface area contributed by atoms with Crippen LogP contribution in [0.2, 0.25) is 0 Å². The molecule has 2 aromatic carbocycles. The van der Waals surface area contributed by atoms with Crippen molar-refractivity contribution in [2.75, 3.05) is 6.61 Å². The van der Waals surface area contributed by atoms with Gasteiger partial charge < -0.3 is 9.47 Å². The van der Waals surface area contributed by atoms with E-state index in [-0.39, 0.29) is 5.97 Å². The molecule has 0 radical (unpaired) electrons. The average Bonchev–Trinajstić information content (AvgIpc) is 3.26. The van der Waals surface area contributed by atoms with E-state index in [2.05, 4.69) is 0 Å². The number of carbonyl (C=O) groups excluding carboxylic acids is 1. The van der Waals surface area contributed by atoms with E-state index in [1.807, 2.05) is 62.4 Å². The highest BCUT2D eigenvalue weighted by Gasteiger charge is 2.64. The van der Waals surface area contributed by atoms with Gasteiger partial charge in [-0.2, -0.15) is 0 Å². The van der Waals surface area contributed by atoms with Crippen molar-refractivity contribution in [1.29, 1.82) is 0 Å². The molecule has 3 heteroatoms. The molecule has 22 heavy (non-hydrogen) atoms. The van der Waals surface area contributed by atoms with E-state index in [9.17, 15) is 4.79 Å². The zero-order chi connectivity index (χ0) is 15.7. The molecule has 0 amide bonds. The molecule has 3 rings (SSSR count). The lowest BCUT2D eigenvalue weighted by Crippen LogP contribution is -2.22. The van der Waals surface area contributed by atoms with Gasteiger partial charge in [0.25, 0.3) is 0 Å². The Morgan fingerprint density at radius 3 is 1.86 bits per heavy atom. The van der Waals surface area contributed by atoms with Crippen LogP contribution in [0, 0.1) is 13.8 Å². The van der Waals surface area contributed by atoms with Crippen molar-refractivity contribution >= 4 is 5.97 Å². The number of esters is 1. The summed E-state index contributed by atoms with van der Waals surface area (Å²) < 4.78 is 11.0. The molecule has 0 spiro atoms. The van der Waals surface area contributed by atoms with E-state index in [1.54, 1.807) is 6.92 Å². The van der Waals surface area contributed by atoms with Gasteiger partial charge in [0.2, 0.25) is 0 Å². The monoisotopic (exact) mass is 296 g/mol. The maximum atomic E-state index is 12.2. The van der Waals surface area contributed by atoms with Crippen LogP contribution in [-0.4, -0.2) is 18.7 Å². The second-order valence-corrected chi connectivity index (χ2v) is 5.72. The van der Waals surface area contributed by atoms with E-state index in [1.165, 1.54) is 11.1 Å². The van der Waals surface area contributed by atoms with Gasteiger partial charge in [-0.1, -0.05) is 59.7 Å². The second kappa shape index (κ2) is 5.58. The molecule has 1 fully saturated rings. The van der Waals surface area contributed by atoms with Gasteiger partial charge in [0, 0.05) is 0 Å². The summed E-state index contributed by atoms with van der Waals surface area (Å²) in [4.78, 5) is 12.2. The van der Waals surface area contributed by atoms with Crippen LogP contribution in [0.5, 0.6) is 0 Å². The summed E-state index contributed by atoms with van der Waals surface area (Å²) in [6, 6.07) is 16.2. The van der Waals surface area contributed by atoms with Crippen LogP contribution < -0.4 is 0 Å². The van der Waals surface area contributed by atoms with Crippen LogP contribution in [0.25, 0.3) is 0 Å². The summed E-state index contributed by atoms with van der Waals surface area (Å²) in [5.41, 5.74) is 3.61. The molecule has 0 aromatic heterocycles. The van der Waals surface area contributed by atoms with Crippen LogP contribution >= 0.6 is 0 Å². The molecule has 1 unspecified atom stereocenters. The number of carbonyl (C=O) groups is 1. The molecule has 3 nitrogen and oxygen atoms in total. The van der Waals surface area contributed by atoms with Gasteiger partial charge in [0.05, 0.1) is 6.61 Å². The summed E-state index contributed by atoms with van der Waals surface area (Å²) in [6.07, 6.45) is -0.571. The number of rotatable bonds is 4. The van der Waals surface area contributed by atoms with Gasteiger partial charge >= 0.3 is 5.97 Å². The first-order valence-electron chi connectivity index (χ1n) is 7.56. The lowest BCUT2D eigenvalue weighted by Gasteiger charge is -2.15. The zero-order valence-corrected chi connectivity index (χ0v) is 13.1. The Kier molecular flexibility index (Phi) is 3.75. The fourth-order valence-corrected chi connectivity index (χ4v) is 2.79. The molecular weight excluding hydrogens is 276 g/mol. The number of epoxide rings is 1. The highest BCUT2D eigenvalue weighted by molar-refractivity contribution is 5.81. The van der Waals surface area contributed by atoms with Crippen molar-refractivity contribution < 1.29 is 14.3 Å². The first kappa shape index (κ1) is 14.8. The highest BCUT2D eigenvalue weighted by Crippen LogP contribution is 2.52. The molecule has 1 aliphatic heterocycles. The standard InChI is InChI=1S/C19H20O3/c1-4-21-18(20)17-19(22-17,15-9-5-13(2)6-10-15)16-11-7-14(3)8-12-16/h5-12,17H,4H2,1-3H3. The van der Waals surface area contributed by atoms with Gasteiger partial charge in [-0.25, -0.2) is 4.79 Å². The van der Waals surface area contributed by atoms with Gasteiger partial charge in [0.15, 0.2) is 11.7 Å². The number of hydrogen-bond donors (Lipinski definition) is 0. The molecule has 0 bridgehead atoms. The Balaban J connectivity index is 2.02. The Morgan fingerprint density at radius 2 is 1.45 bits per heavy atom. The molecule has 0 aliphatic carbocycles. The number of ether oxygens (including phenoxy) is 2. The van der Waals surface area contributed by atoms with Crippen LogP contribution in [0.3, 0.4) is 0 Å². The number of aryl methyl sites for hydroxylation is 2. The molecule has 1 saturated heterocycles. The van der Waals surface area contributed by atoms with Crippen LogP contribution in [0.1, 0.15) is 29.2 Å². The van der Waals surface area contributed by atoms with Crippen molar-refractivity contribution in [2.45, 2.75) is 32.5 Å². The Morgan fingerprint density at radius 1 is 1.00 bits per heavy atom. The van der Waals surface area contributed by atoms with Gasteiger partial charge in [-0.05, 0) is 31.9 Å². The third-order valence-corrected chi connectivity index (χ3v) is 4.08. The SMILES string of the molecule is CCOC(=O)C1OC1(c1ccc(C)cc1)c1ccc(C)cc1. The molecule has 1 heterocycles. The van der Waals surface area contributed by atoms with Crippen molar-refractivity contribution in [3.05, 3.63) is 70.8 Å². The molecule has 1 atom stereocenters. The fraction of sp³-hybridized carbons (Fsp3) is 0.316. The lowest BCUT2D eigenvalue weighted by molar-refractivity contribution is -0.144. The van der Waals surface area contributed by atoms with Crippen LogP contribution in [0.4, 0.5) is 0 Å². The molecule has 0 N–H and O–H groups in total. The summed E-state index contributed by atoms with van der Waals surface area (Å²) in [6.45, 7) is 6.24. The van der Waals surface area contributed by atoms with E-state index < -0.39 is 11.7 Å². The topological polar surface area (TPSA) is 38.8 Å². The average molecular weight is 296 g/mol. The Bertz CT molecular complexity index is 625. The normalized spacial score (nSPS) is 18.8. The first-order chi connectivity index (χ1) is 10.6. The van der Waals surface area contributed by atoms with Crippen molar-refractivity contribution in [1.82, 2.24) is 0 Å². The highest BCUT2D eigenvalue weighted by atomic mass is 16.7. The molecule has 114 valence electrons. The van der Waals surface area contributed by atoms with Crippen LogP contribution in [0.15, 0.2) is 48.5 Å². The Labute approximate surface area is 130 Å². The third-order valence-electron chi connectivity index (χ3n) is 4.08. The van der Waals surface area contributed by atoms with Gasteiger partial charge in [0.1, 0.15) is 0 Å². The predicted molar refractivity (Wildman–Crippen MR) is 84.6 cm³/mol. The van der Waals surface area contributed by atoms with E-state index >= 15 is 0 Å². The maximum absolute atomic E-state index is 12.2. The predicted octanol–water partition coefficient (Wildman–Crippen LogP) is 3.51. The molecule has 0 saturated carbocycles. The summed E-state index contributed by atoms with van der Waals surface area (Å²) in [5.74, 6) is -0.302. The third kappa shape index (κ3) is 2.42. The van der Waals surface area contributed by atoms with Crippen molar-refractivity contribution in [3.8, 4) is 0 Å². The molecule has 2 aromatic rings. The molecule has 1 aliphatic rings. The van der Waals surface area contributed by atoms with E-state index in [0.29, 0.717) is 6.61 Å². The lowest BCUT2D eigenvalue weighted by atomic mass is 9.87. The summed E-state index contributed by atoms with van der Waals surface area (Å²) in [5, 5.41) is 0. The van der Waals surface area contributed by atoms with Crippen molar-refractivity contribution in [3.63, 3.8) is 0 Å². The summed E-state index contributed by atoms with van der Waals surface area (Å²) in [7, 11) is 0. The minimum Gasteiger partial charge on any atom is -0.464 e. The first-order valence-corrected chi connectivity index (χ1v) is 7.56. The maximum Gasteiger partial charge on any atom is 0.339 e. The van der Waals surface area contributed by atoms with Crippen molar-refractivity contribution in [2.24, 2.45) is 0 Å². The second-order valence-electron chi connectivity index (χ2n) is 5.72. The van der Waals surface area contributed by atoms with E-state index in [4.69, 9.17) is 9.47 Å². The van der Waals surface area contributed by atoms with Crippen LogP contribution in [-0.2, 0) is 19.9 Å². The minimum absolute atomic E-state index is 0.302. The quantitative estimate of drug-likeness (QED) is 0.640. The largest absolute Gasteiger partial charge is 0.464 e. The van der Waals surface area contributed by atoms with Gasteiger partial charge in [-0.3, -0.25) is 0 Å². The Hall–Kier alpha value is -2.13. The van der Waals surface area contributed by atoms with Gasteiger partial charge in [-0.15, -0.1) is 0 Å². The number of benzene rings is 2. The fourth-order valence-electron chi connectivity index (χ4n) is 2.79. The minimum atomic E-state index is -0.715. The smallest absolute Gasteiger partial charge is 0.339 e. The summed E-state index contributed by atoms with van der Waals surface area (Å²) >= 11 is 0.